The Morgan fingerprint density at radius 1 is 1.33 bits per heavy atom. The lowest BCUT2D eigenvalue weighted by Crippen LogP contribution is -1.94. The van der Waals surface area contributed by atoms with Crippen LogP contribution in [0.2, 0.25) is 0 Å². The molecule has 0 unspecified atom stereocenters. The SMILES string of the molecule is COc1ccc(-c2cc(CS)no2)cc1C(C)C. The summed E-state index contributed by atoms with van der Waals surface area (Å²) in [6, 6.07) is 7.95. The summed E-state index contributed by atoms with van der Waals surface area (Å²) in [5.74, 6) is 2.65. The Morgan fingerprint density at radius 3 is 2.67 bits per heavy atom. The highest BCUT2D eigenvalue weighted by molar-refractivity contribution is 7.79. The van der Waals surface area contributed by atoms with E-state index in [1.807, 2.05) is 18.2 Å². The van der Waals surface area contributed by atoms with Gasteiger partial charge in [-0.1, -0.05) is 19.0 Å². The van der Waals surface area contributed by atoms with Crippen molar-refractivity contribution in [3.63, 3.8) is 0 Å². The molecule has 2 rings (SSSR count). The third kappa shape index (κ3) is 2.53. The lowest BCUT2D eigenvalue weighted by Gasteiger charge is -2.12. The molecule has 2 aromatic rings. The zero-order valence-corrected chi connectivity index (χ0v) is 11.7. The summed E-state index contributed by atoms with van der Waals surface area (Å²) in [4.78, 5) is 0. The van der Waals surface area contributed by atoms with E-state index in [1.165, 1.54) is 5.56 Å². The van der Waals surface area contributed by atoms with Crippen molar-refractivity contribution in [3.8, 4) is 17.1 Å². The van der Waals surface area contributed by atoms with Crippen LogP contribution in [0.15, 0.2) is 28.8 Å². The van der Waals surface area contributed by atoms with E-state index in [2.05, 4.69) is 37.7 Å². The van der Waals surface area contributed by atoms with E-state index in [4.69, 9.17) is 9.26 Å². The van der Waals surface area contributed by atoms with Gasteiger partial charge in [0, 0.05) is 17.4 Å². The summed E-state index contributed by atoms with van der Waals surface area (Å²) in [5.41, 5.74) is 3.02. The number of rotatable bonds is 4. The molecule has 0 spiro atoms. The first-order valence-corrected chi connectivity index (χ1v) is 6.53. The molecule has 0 atom stereocenters. The Kier molecular flexibility index (Phi) is 3.97. The summed E-state index contributed by atoms with van der Waals surface area (Å²) in [5, 5.41) is 3.95. The van der Waals surface area contributed by atoms with Gasteiger partial charge in [0.1, 0.15) is 5.75 Å². The summed E-state index contributed by atoms with van der Waals surface area (Å²) in [6.45, 7) is 4.28. The van der Waals surface area contributed by atoms with Gasteiger partial charge in [-0.2, -0.15) is 12.6 Å². The Morgan fingerprint density at radius 2 is 2.11 bits per heavy atom. The molecule has 0 aliphatic rings. The van der Waals surface area contributed by atoms with Crippen LogP contribution >= 0.6 is 12.6 Å². The summed E-state index contributed by atoms with van der Waals surface area (Å²) >= 11 is 4.18. The van der Waals surface area contributed by atoms with Crippen LogP contribution in [-0.4, -0.2) is 12.3 Å². The van der Waals surface area contributed by atoms with E-state index in [9.17, 15) is 0 Å². The Labute approximate surface area is 113 Å². The molecule has 0 radical (unpaired) electrons. The predicted octanol–water partition coefficient (Wildman–Crippen LogP) is 3.90. The molecule has 18 heavy (non-hydrogen) atoms. The van der Waals surface area contributed by atoms with Gasteiger partial charge >= 0.3 is 0 Å². The first-order chi connectivity index (χ1) is 8.65. The lowest BCUT2D eigenvalue weighted by molar-refractivity contribution is 0.407. The maximum atomic E-state index is 5.37. The number of nitrogens with zero attached hydrogens (tertiary/aromatic N) is 1. The second-order valence-corrected chi connectivity index (χ2v) is 4.77. The molecule has 0 saturated carbocycles. The second-order valence-electron chi connectivity index (χ2n) is 4.45. The highest BCUT2D eigenvalue weighted by Gasteiger charge is 2.12. The van der Waals surface area contributed by atoms with Crippen molar-refractivity contribution in [3.05, 3.63) is 35.5 Å². The minimum atomic E-state index is 0.396. The van der Waals surface area contributed by atoms with E-state index in [-0.39, 0.29) is 0 Å². The Hall–Kier alpha value is -1.42. The Balaban J connectivity index is 2.42. The molecular weight excluding hydrogens is 246 g/mol. The van der Waals surface area contributed by atoms with Crippen LogP contribution in [-0.2, 0) is 5.75 Å². The van der Waals surface area contributed by atoms with Gasteiger partial charge in [0.2, 0.25) is 0 Å². The fourth-order valence-corrected chi connectivity index (χ4v) is 2.01. The van der Waals surface area contributed by atoms with Crippen LogP contribution in [0.25, 0.3) is 11.3 Å². The van der Waals surface area contributed by atoms with Crippen molar-refractivity contribution >= 4 is 12.6 Å². The summed E-state index contributed by atoms with van der Waals surface area (Å²) in [7, 11) is 1.69. The van der Waals surface area contributed by atoms with Crippen LogP contribution in [0.1, 0.15) is 31.0 Å². The van der Waals surface area contributed by atoms with Gasteiger partial charge < -0.3 is 9.26 Å². The normalized spacial score (nSPS) is 10.9. The van der Waals surface area contributed by atoms with Crippen LogP contribution in [0.4, 0.5) is 0 Å². The first kappa shape index (κ1) is 13.0. The monoisotopic (exact) mass is 263 g/mol. The molecule has 0 aliphatic carbocycles. The van der Waals surface area contributed by atoms with Gasteiger partial charge in [-0.15, -0.1) is 0 Å². The number of benzene rings is 1. The predicted molar refractivity (Wildman–Crippen MR) is 75.3 cm³/mol. The van der Waals surface area contributed by atoms with Crippen molar-refractivity contribution in [1.82, 2.24) is 5.16 Å². The van der Waals surface area contributed by atoms with Gasteiger partial charge in [-0.25, -0.2) is 0 Å². The zero-order valence-electron chi connectivity index (χ0n) is 10.8. The molecule has 0 saturated heterocycles. The molecule has 1 aromatic carbocycles. The molecule has 0 fully saturated rings. The number of methoxy groups -OCH3 is 1. The van der Waals surface area contributed by atoms with Crippen LogP contribution < -0.4 is 4.74 Å². The molecule has 0 N–H and O–H groups in total. The molecule has 1 heterocycles. The number of thiol groups is 1. The van der Waals surface area contributed by atoms with E-state index >= 15 is 0 Å². The average molecular weight is 263 g/mol. The molecule has 0 aliphatic heterocycles. The van der Waals surface area contributed by atoms with Crippen LogP contribution in [0.5, 0.6) is 5.75 Å². The van der Waals surface area contributed by atoms with Gasteiger partial charge in [0.25, 0.3) is 0 Å². The fourth-order valence-electron chi connectivity index (χ4n) is 1.86. The molecule has 3 nitrogen and oxygen atoms in total. The Bertz CT molecular complexity index is 534. The standard InChI is InChI=1S/C14H17NO2S/c1-9(2)12-6-10(4-5-13(12)16-3)14-7-11(8-18)15-17-14/h4-7,9,18H,8H2,1-3H3. The molecule has 0 amide bonds. The minimum absolute atomic E-state index is 0.396. The minimum Gasteiger partial charge on any atom is -0.496 e. The maximum absolute atomic E-state index is 5.37. The third-order valence-electron chi connectivity index (χ3n) is 2.86. The molecule has 1 aromatic heterocycles. The number of aromatic nitrogens is 1. The van der Waals surface area contributed by atoms with Gasteiger partial charge in [0.15, 0.2) is 5.76 Å². The van der Waals surface area contributed by atoms with Crippen molar-refractivity contribution < 1.29 is 9.26 Å². The van der Waals surface area contributed by atoms with E-state index in [0.717, 1.165) is 22.8 Å². The molecule has 4 heteroatoms. The lowest BCUT2D eigenvalue weighted by atomic mass is 9.98. The second kappa shape index (κ2) is 5.48. The first-order valence-electron chi connectivity index (χ1n) is 5.90. The molecule has 96 valence electrons. The van der Waals surface area contributed by atoms with Gasteiger partial charge in [0.05, 0.1) is 12.8 Å². The van der Waals surface area contributed by atoms with E-state index < -0.39 is 0 Å². The number of ether oxygens (including phenoxy) is 1. The number of hydrogen-bond donors (Lipinski definition) is 1. The smallest absolute Gasteiger partial charge is 0.167 e. The topological polar surface area (TPSA) is 35.3 Å². The summed E-state index contributed by atoms with van der Waals surface area (Å²) < 4.78 is 10.7. The molecular formula is C14H17NO2S. The van der Waals surface area contributed by atoms with Crippen molar-refractivity contribution in [2.45, 2.75) is 25.5 Å². The van der Waals surface area contributed by atoms with Crippen LogP contribution in [0, 0.1) is 0 Å². The van der Waals surface area contributed by atoms with E-state index in [1.54, 1.807) is 7.11 Å². The van der Waals surface area contributed by atoms with Crippen molar-refractivity contribution in [1.29, 1.82) is 0 Å². The van der Waals surface area contributed by atoms with Gasteiger partial charge in [-0.3, -0.25) is 0 Å². The third-order valence-corrected chi connectivity index (χ3v) is 3.18. The van der Waals surface area contributed by atoms with Crippen molar-refractivity contribution in [2.24, 2.45) is 0 Å². The quantitative estimate of drug-likeness (QED) is 0.850. The highest BCUT2D eigenvalue weighted by atomic mass is 32.1. The number of hydrogen-bond acceptors (Lipinski definition) is 4. The summed E-state index contributed by atoms with van der Waals surface area (Å²) in [6.07, 6.45) is 0. The maximum Gasteiger partial charge on any atom is 0.167 e. The molecule has 0 bridgehead atoms. The highest BCUT2D eigenvalue weighted by Crippen LogP contribution is 2.31. The van der Waals surface area contributed by atoms with Crippen LogP contribution in [0.3, 0.4) is 0 Å². The van der Waals surface area contributed by atoms with E-state index in [0.29, 0.717) is 11.7 Å². The fraction of sp³-hybridized carbons (Fsp3) is 0.357. The zero-order chi connectivity index (χ0) is 13.1. The van der Waals surface area contributed by atoms with Gasteiger partial charge in [-0.05, 0) is 29.7 Å². The van der Waals surface area contributed by atoms with Crippen molar-refractivity contribution in [2.75, 3.05) is 7.11 Å². The average Bonchev–Trinajstić information content (AvgIpc) is 2.86. The largest absolute Gasteiger partial charge is 0.496 e.